The van der Waals surface area contributed by atoms with Gasteiger partial charge in [0.05, 0.1) is 31.3 Å². The summed E-state index contributed by atoms with van der Waals surface area (Å²) < 4.78 is 49.8. The molecule has 1 fully saturated rings. The first-order valence-corrected chi connectivity index (χ1v) is 29.0. The maximum absolute atomic E-state index is 13.5. The Labute approximate surface area is 474 Å². The molecule has 2 rings (SSSR count). The van der Waals surface area contributed by atoms with Crippen molar-refractivity contribution in [3.63, 3.8) is 0 Å². The second-order valence-corrected chi connectivity index (χ2v) is 20.6. The highest BCUT2D eigenvalue weighted by molar-refractivity contribution is 5.83. The number of benzene rings is 1. The van der Waals surface area contributed by atoms with E-state index in [9.17, 15) is 43.2 Å². The quantitative estimate of drug-likeness (QED) is 0.0241. The fourth-order valence-corrected chi connectivity index (χ4v) is 9.15. The molecular formula is C59H95N3O18. The third kappa shape index (κ3) is 35.7. The van der Waals surface area contributed by atoms with E-state index in [2.05, 4.69) is 16.0 Å². The maximum Gasteiger partial charge on any atom is 0.303 e. The van der Waals surface area contributed by atoms with Gasteiger partial charge in [-0.3, -0.25) is 43.2 Å². The summed E-state index contributed by atoms with van der Waals surface area (Å²) in [5.41, 5.74) is 0.541. The van der Waals surface area contributed by atoms with E-state index < -0.39 is 54.1 Å². The van der Waals surface area contributed by atoms with Crippen molar-refractivity contribution >= 4 is 53.5 Å². The van der Waals surface area contributed by atoms with Gasteiger partial charge in [0.25, 0.3) is 5.91 Å². The van der Waals surface area contributed by atoms with Gasteiger partial charge in [-0.2, -0.15) is 0 Å². The summed E-state index contributed by atoms with van der Waals surface area (Å²) in [6.07, 6.45) is 17.0. The number of carbonyl (C=O) groups is 9. The monoisotopic (exact) mass is 1130 g/mol. The Morgan fingerprint density at radius 3 is 1.57 bits per heavy atom. The third-order valence-electron chi connectivity index (χ3n) is 13.1. The van der Waals surface area contributed by atoms with E-state index in [1.54, 1.807) is 31.2 Å². The largest absolute Gasteiger partial charge is 0.491 e. The molecule has 0 spiro atoms. The molecule has 8 atom stereocenters. The van der Waals surface area contributed by atoms with Gasteiger partial charge < -0.3 is 58.6 Å². The second kappa shape index (κ2) is 42.1. The lowest BCUT2D eigenvalue weighted by atomic mass is 10.00. The number of amides is 3. The summed E-state index contributed by atoms with van der Waals surface area (Å²) in [7, 11) is 0. The average molecular weight is 1130 g/mol. The van der Waals surface area contributed by atoms with Gasteiger partial charge in [-0.25, -0.2) is 0 Å². The zero-order chi connectivity index (χ0) is 59.1. The summed E-state index contributed by atoms with van der Waals surface area (Å²) in [4.78, 5) is 107. The predicted molar refractivity (Wildman–Crippen MR) is 296 cm³/mol. The second-order valence-electron chi connectivity index (χ2n) is 20.6. The lowest BCUT2D eigenvalue weighted by molar-refractivity contribution is -0.155. The van der Waals surface area contributed by atoms with Crippen LogP contribution in [0.25, 0.3) is 0 Å². The van der Waals surface area contributed by atoms with E-state index in [0.29, 0.717) is 37.4 Å². The van der Waals surface area contributed by atoms with Crippen LogP contribution in [-0.2, 0) is 81.0 Å². The molecule has 1 aromatic rings. The summed E-state index contributed by atoms with van der Waals surface area (Å²) in [5, 5.41) is 8.23. The van der Waals surface area contributed by atoms with Crippen LogP contribution >= 0.6 is 0 Å². The Morgan fingerprint density at radius 2 is 1.05 bits per heavy atom. The molecule has 0 bridgehead atoms. The molecule has 3 N–H and O–H groups in total. The standard InChI is InChI=1S/C59H95N3O18/c1-9-57(70)62-50(39-74-43(4)65)40-75-51-33-31-48(32-34-51)56(79-47(8)69)36-60-59(71)55(78-46(7)68)30-25-29-53(77-45(6)67)58-54(80-58)28-23-19-16-18-22-27-52(76-44(5)66)26-21-17-14-12-10-11-13-15-20-24-35-72-37-49(61-41(2)63)38-73-42(3)64/h31-34,49-50,52-56,58H,9-30,35-40H2,1-8H3,(H,60,71)(H,61,63)(H,62,70)/t49-,50-,52?,53+,54+,55+,56+,58+/m1/s1. The van der Waals surface area contributed by atoms with E-state index in [-0.39, 0.29) is 87.3 Å². The highest BCUT2D eigenvalue weighted by Crippen LogP contribution is 2.34. The first-order valence-electron chi connectivity index (χ1n) is 29.0. The van der Waals surface area contributed by atoms with Crippen LogP contribution < -0.4 is 20.7 Å². The van der Waals surface area contributed by atoms with Crippen molar-refractivity contribution in [3.05, 3.63) is 29.8 Å². The van der Waals surface area contributed by atoms with Crippen molar-refractivity contribution in [2.24, 2.45) is 0 Å². The van der Waals surface area contributed by atoms with Gasteiger partial charge in [0.1, 0.15) is 50.0 Å². The minimum absolute atomic E-state index is 0.0168. The number of esters is 6. The third-order valence-corrected chi connectivity index (χ3v) is 13.1. The van der Waals surface area contributed by atoms with Crippen LogP contribution in [0.15, 0.2) is 24.3 Å². The molecule has 3 amide bonds. The van der Waals surface area contributed by atoms with Crippen LogP contribution in [0.2, 0.25) is 0 Å². The summed E-state index contributed by atoms with van der Waals surface area (Å²) in [6.45, 7) is 11.8. The van der Waals surface area contributed by atoms with E-state index in [0.717, 1.165) is 83.5 Å². The fourth-order valence-electron chi connectivity index (χ4n) is 9.15. The van der Waals surface area contributed by atoms with Crippen molar-refractivity contribution in [1.82, 2.24) is 16.0 Å². The predicted octanol–water partition coefficient (Wildman–Crippen LogP) is 8.08. The highest BCUT2D eigenvalue weighted by Gasteiger charge is 2.46. The molecule has 454 valence electrons. The fraction of sp³-hybridized carbons (Fsp3) is 0.746. The average Bonchev–Trinajstić information content (AvgIpc) is 4.23. The van der Waals surface area contributed by atoms with Crippen molar-refractivity contribution in [3.8, 4) is 5.75 Å². The number of unbranched alkanes of at least 4 members (excludes halogenated alkanes) is 13. The minimum Gasteiger partial charge on any atom is -0.491 e. The van der Waals surface area contributed by atoms with Crippen molar-refractivity contribution in [1.29, 1.82) is 0 Å². The number of nitrogens with one attached hydrogen (secondary N) is 3. The molecule has 0 radical (unpaired) electrons. The van der Waals surface area contributed by atoms with Crippen LogP contribution in [-0.4, -0.2) is 136 Å². The number of epoxide rings is 1. The van der Waals surface area contributed by atoms with Crippen LogP contribution in [0.5, 0.6) is 5.75 Å². The van der Waals surface area contributed by atoms with E-state index >= 15 is 0 Å². The molecular weight excluding hydrogens is 1040 g/mol. The lowest BCUT2D eigenvalue weighted by Crippen LogP contribution is -2.42. The van der Waals surface area contributed by atoms with Crippen LogP contribution in [0.1, 0.15) is 208 Å². The van der Waals surface area contributed by atoms with Gasteiger partial charge in [0.2, 0.25) is 11.8 Å². The Kier molecular flexibility index (Phi) is 37.0. The zero-order valence-corrected chi connectivity index (χ0v) is 49.1. The topological polar surface area (TPSA) is 276 Å². The minimum atomic E-state index is -1.16. The number of carbonyl (C=O) groups excluding carboxylic acids is 9. The molecule has 1 heterocycles. The van der Waals surface area contributed by atoms with Crippen LogP contribution in [0.3, 0.4) is 0 Å². The molecule has 1 saturated heterocycles. The number of hydrogen-bond donors (Lipinski definition) is 3. The van der Waals surface area contributed by atoms with Gasteiger partial charge >= 0.3 is 35.8 Å². The molecule has 21 nitrogen and oxygen atoms in total. The van der Waals surface area contributed by atoms with Gasteiger partial charge in [-0.1, -0.05) is 96.1 Å². The Morgan fingerprint density at radius 1 is 0.525 bits per heavy atom. The molecule has 1 aromatic carbocycles. The molecule has 80 heavy (non-hydrogen) atoms. The Hall–Kier alpha value is -5.83. The Balaban J connectivity index is 1.69. The van der Waals surface area contributed by atoms with Gasteiger partial charge in [-0.15, -0.1) is 0 Å². The first kappa shape index (κ1) is 70.3. The smallest absolute Gasteiger partial charge is 0.303 e. The van der Waals surface area contributed by atoms with Gasteiger partial charge in [-0.05, 0) is 75.5 Å². The summed E-state index contributed by atoms with van der Waals surface area (Å²) in [5.74, 6) is -3.39. The van der Waals surface area contributed by atoms with E-state index in [1.807, 2.05) is 0 Å². The van der Waals surface area contributed by atoms with Crippen molar-refractivity contribution in [2.45, 2.75) is 245 Å². The highest BCUT2D eigenvalue weighted by atomic mass is 16.6. The van der Waals surface area contributed by atoms with Gasteiger partial charge in [0.15, 0.2) is 6.10 Å². The molecule has 1 aliphatic heterocycles. The molecule has 21 heteroatoms. The number of ether oxygens (including phenoxy) is 9. The molecule has 0 saturated carbocycles. The zero-order valence-electron chi connectivity index (χ0n) is 49.1. The first-order chi connectivity index (χ1) is 38.3. The normalized spacial score (nSPS) is 15.8. The van der Waals surface area contributed by atoms with Gasteiger partial charge in [0, 0.05) is 61.5 Å². The maximum atomic E-state index is 13.5. The van der Waals surface area contributed by atoms with E-state index in [4.69, 9.17) is 42.6 Å². The SMILES string of the molecule is CCC(=O)N[C@H](COC(C)=O)COc1ccc([C@H](CNC(=O)[C@H](CCC[C@H](OC(C)=O)[C@@H]2O[C@H]2CCCCCCCC(CCCCCCCCCCCCOC[C@H](COC(C)=O)NC(C)=O)OC(C)=O)OC(C)=O)OC(C)=O)cc1. The molecule has 0 aromatic heterocycles. The summed E-state index contributed by atoms with van der Waals surface area (Å²) >= 11 is 0. The lowest BCUT2D eigenvalue weighted by Gasteiger charge is -2.22. The van der Waals surface area contributed by atoms with Crippen molar-refractivity contribution < 1.29 is 85.8 Å². The van der Waals surface area contributed by atoms with E-state index in [1.165, 1.54) is 80.6 Å². The van der Waals surface area contributed by atoms with Crippen LogP contribution in [0.4, 0.5) is 0 Å². The van der Waals surface area contributed by atoms with Crippen molar-refractivity contribution in [2.75, 3.05) is 39.6 Å². The number of rotatable bonds is 46. The molecule has 1 aliphatic rings. The Bertz CT molecular complexity index is 2000. The van der Waals surface area contributed by atoms with Crippen LogP contribution in [0, 0.1) is 0 Å². The molecule has 1 unspecified atom stereocenters. The number of hydrogen-bond acceptors (Lipinski definition) is 18. The summed E-state index contributed by atoms with van der Waals surface area (Å²) in [6, 6.07) is 5.65. The molecule has 0 aliphatic carbocycles.